The maximum absolute atomic E-state index is 13.0. The lowest BCUT2D eigenvalue weighted by atomic mass is 10.1. The van der Waals surface area contributed by atoms with Crippen LogP contribution in [-0.2, 0) is 13.2 Å². The second-order valence-corrected chi connectivity index (χ2v) is 7.62. The van der Waals surface area contributed by atoms with Crippen LogP contribution in [0.25, 0.3) is 11.0 Å². The predicted molar refractivity (Wildman–Crippen MR) is 114 cm³/mol. The maximum Gasteiger partial charge on any atom is 0.287 e. The number of hydrogen-bond donors (Lipinski definition) is 2. The van der Waals surface area contributed by atoms with Gasteiger partial charge in [0.1, 0.15) is 17.9 Å². The summed E-state index contributed by atoms with van der Waals surface area (Å²) in [5, 5.41) is 10.8. The number of hydrogen-bond acceptors (Lipinski definition) is 5. The number of aromatic amines is 1. The number of fused-ring (bicyclic) bond motifs is 1. The summed E-state index contributed by atoms with van der Waals surface area (Å²) >= 11 is 5.30. The molecule has 5 rings (SSSR count). The zero-order chi connectivity index (χ0) is 20.5. The van der Waals surface area contributed by atoms with Crippen molar-refractivity contribution in [1.29, 1.82) is 0 Å². The van der Waals surface area contributed by atoms with Crippen molar-refractivity contribution < 1.29 is 13.9 Å². The van der Waals surface area contributed by atoms with E-state index in [1.165, 1.54) is 0 Å². The Morgan fingerprint density at radius 2 is 1.97 bits per heavy atom. The molecule has 0 unspecified atom stereocenters. The molecule has 0 saturated heterocycles. The quantitative estimate of drug-likeness (QED) is 0.429. The first-order valence-corrected chi connectivity index (χ1v) is 10.2. The molecule has 0 radical (unpaired) electrons. The fourth-order valence-corrected chi connectivity index (χ4v) is 3.81. The molecule has 2 N–H and O–H groups in total. The van der Waals surface area contributed by atoms with Crippen LogP contribution in [-0.4, -0.2) is 20.7 Å². The molecule has 2 aromatic carbocycles. The third kappa shape index (κ3) is 3.61. The number of para-hydroxylation sites is 2. The number of aromatic nitrogens is 3. The molecule has 4 aromatic rings. The van der Waals surface area contributed by atoms with Gasteiger partial charge in [0, 0.05) is 17.0 Å². The monoisotopic (exact) mass is 420 g/mol. The molecule has 1 saturated carbocycles. The molecule has 30 heavy (non-hydrogen) atoms. The van der Waals surface area contributed by atoms with Crippen molar-refractivity contribution in [3.8, 4) is 5.75 Å². The van der Waals surface area contributed by atoms with Crippen LogP contribution in [0.3, 0.4) is 0 Å². The number of benzene rings is 2. The Kier molecular flexibility index (Phi) is 4.84. The number of nitrogens with zero attached hydrogens (tertiary/aromatic N) is 2. The molecular formula is C22H20N4O3S. The summed E-state index contributed by atoms with van der Waals surface area (Å²) in [7, 11) is 0. The fraction of sp³-hybridized carbons (Fsp3) is 0.227. The molecule has 8 heteroatoms. The minimum Gasteiger partial charge on any atom is -0.489 e. The Labute approximate surface area is 177 Å². The minimum absolute atomic E-state index is 0.227. The smallest absolute Gasteiger partial charge is 0.287 e. The molecule has 2 heterocycles. The average Bonchev–Trinajstić information content (AvgIpc) is 3.44. The Balaban J connectivity index is 1.39. The second-order valence-electron chi connectivity index (χ2n) is 7.24. The van der Waals surface area contributed by atoms with E-state index < -0.39 is 0 Å². The number of rotatable bonds is 7. The summed E-state index contributed by atoms with van der Waals surface area (Å²) in [6.45, 7) is 0.489. The van der Waals surface area contributed by atoms with E-state index in [2.05, 4.69) is 15.5 Å². The van der Waals surface area contributed by atoms with E-state index in [0.717, 1.165) is 24.0 Å². The van der Waals surface area contributed by atoms with Crippen LogP contribution in [0.15, 0.2) is 59.0 Å². The number of H-pyrrole nitrogens is 1. The van der Waals surface area contributed by atoms with Crippen LogP contribution in [0.1, 0.15) is 40.8 Å². The molecule has 0 atom stereocenters. The van der Waals surface area contributed by atoms with E-state index in [1.54, 1.807) is 0 Å². The Bertz CT molecular complexity index is 1250. The number of carbonyl (C=O) groups is 1. The van der Waals surface area contributed by atoms with Crippen molar-refractivity contribution in [2.75, 3.05) is 0 Å². The second kappa shape index (κ2) is 7.79. The molecule has 2 aromatic heterocycles. The van der Waals surface area contributed by atoms with Crippen molar-refractivity contribution in [3.05, 3.63) is 76.5 Å². The number of nitrogens with one attached hydrogen (secondary N) is 2. The third-order valence-electron chi connectivity index (χ3n) is 5.13. The van der Waals surface area contributed by atoms with Crippen LogP contribution < -0.4 is 10.1 Å². The highest BCUT2D eigenvalue weighted by Gasteiger charge is 2.28. The number of ether oxygens (including phenoxy) is 1. The van der Waals surface area contributed by atoms with Gasteiger partial charge in [-0.05, 0) is 43.3 Å². The maximum atomic E-state index is 13.0. The lowest BCUT2D eigenvalue weighted by Gasteiger charge is -2.08. The van der Waals surface area contributed by atoms with Gasteiger partial charge in [-0.3, -0.25) is 14.5 Å². The molecule has 1 amide bonds. The normalized spacial score (nSPS) is 13.5. The van der Waals surface area contributed by atoms with Gasteiger partial charge in [-0.25, -0.2) is 0 Å². The van der Waals surface area contributed by atoms with Gasteiger partial charge < -0.3 is 14.5 Å². The Morgan fingerprint density at radius 1 is 1.20 bits per heavy atom. The zero-order valence-electron chi connectivity index (χ0n) is 16.1. The first kappa shape index (κ1) is 18.6. The Hall–Kier alpha value is -3.39. The molecule has 1 aliphatic carbocycles. The molecule has 152 valence electrons. The molecular weight excluding hydrogens is 400 g/mol. The molecule has 0 bridgehead atoms. The summed E-state index contributed by atoms with van der Waals surface area (Å²) in [6.07, 6.45) is 2.17. The van der Waals surface area contributed by atoms with Crippen molar-refractivity contribution in [1.82, 2.24) is 20.1 Å². The Morgan fingerprint density at radius 3 is 2.77 bits per heavy atom. The molecule has 7 nitrogen and oxygen atoms in total. The highest BCUT2D eigenvalue weighted by molar-refractivity contribution is 7.71. The molecule has 0 spiro atoms. The van der Waals surface area contributed by atoms with Crippen molar-refractivity contribution in [2.24, 2.45) is 0 Å². The van der Waals surface area contributed by atoms with Gasteiger partial charge >= 0.3 is 0 Å². The first-order valence-electron chi connectivity index (χ1n) is 9.83. The lowest BCUT2D eigenvalue weighted by molar-refractivity contribution is 0.0920. The summed E-state index contributed by atoms with van der Waals surface area (Å²) in [4.78, 5) is 13.0. The van der Waals surface area contributed by atoms with Gasteiger partial charge in [0.2, 0.25) is 0 Å². The van der Waals surface area contributed by atoms with Crippen LogP contribution in [0.5, 0.6) is 5.75 Å². The van der Waals surface area contributed by atoms with Crippen molar-refractivity contribution >= 4 is 29.1 Å². The summed E-state index contributed by atoms with van der Waals surface area (Å²) < 4.78 is 14.3. The van der Waals surface area contributed by atoms with Gasteiger partial charge in [0.15, 0.2) is 16.4 Å². The molecule has 1 aliphatic rings. The van der Waals surface area contributed by atoms with Crippen LogP contribution >= 0.6 is 12.2 Å². The van der Waals surface area contributed by atoms with Gasteiger partial charge in [0.05, 0.1) is 6.54 Å². The number of furan rings is 1. The minimum atomic E-state index is -0.311. The predicted octanol–water partition coefficient (Wildman–Crippen LogP) is 4.53. The van der Waals surface area contributed by atoms with E-state index in [-0.39, 0.29) is 24.8 Å². The van der Waals surface area contributed by atoms with E-state index in [0.29, 0.717) is 27.8 Å². The largest absolute Gasteiger partial charge is 0.489 e. The van der Waals surface area contributed by atoms with E-state index in [9.17, 15) is 4.79 Å². The van der Waals surface area contributed by atoms with E-state index in [4.69, 9.17) is 21.4 Å². The van der Waals surface area contributed by atoms with Gasteiger partial charge in [0.25, 0.3) is 5.91 Å². The number of amides is 1. The summed E-state index contributed by atoms with van der Waals surface area (Å²) in [5.41, 5.74) is 1.36. The molecule has 0 aliphatic heterocycles. The standard InChI is InChI=1S/C22H20N4O3S/c27-21(23-12-19-24-25-22(30)26(19)14-10-11-14)20-17(13-28-15-6-2-1-3-7-15)16-8-4-5-9-18(16)29-20/h1-9,14H,10-13H2,(H,23,27)(H,25,30). The lowest BCUT2D eigenvalue weighted by Crippen LogP contribution is -2.25. The van der Waals surface area contributed by atoms with Gasteiger partial charge in [-0.2, -0.15) is 5.10 Å². The number of carbonyl (C=O) groups excluding carboxylic acids is 1. The van der Waals surface area contributed by atoms with Crippen molar-refractivity contribution in [2.45, 2.75) is 32.0 Å². The van der Waals surface area contributed by atoms with Gasteiger partial charge in [-0.15, -0.1) is 0 Å². The summed E-state index contributed by atoms with van der Waals surface area (Å²) in [6, 6.07) is 17.4. The highest BCUT2D eigenvalue weighted by Crippen LogP contribution is 2.35. The van der Waals surface area contributed by atoms with E-state index >= 15 is 0 Å². The van der Waals surface area contributed by atoms with Crippen LogP contribution in [0.2, 0.25) is 0 Å². The SMILES string of the molecule is O=C(NCc1n[nH]c(=S)n1C1CC1)c1oc2ccccc2c1COc1ccccc1. The fourth-order valence-electron chi connectivity index (χ4n) is 3.51. The van der Waals surface area contributed by atoms with Crippen LogP contribution in [0.4, 0.5) is 0 Å². The average molecular weight is 420 g/mol. The summed E-state index contributed by atoms with van der Waals surface area (Å²) in [5.74, 6) is 1.39. The highest BCUT2D eigenvalue weighted by atomic mass is 32.1. The van der Waals surface area contributed by atoms with E-state index in [1.807, 2.05) is 59.2 Å². The molecule has 1 fully saturated rings. The van der Waals surface area contributed by atoms with Crippen LogP contribution in [0, 0.1) is 4.77 Å². The van der Waals surface area contributed by atoms with Crippen molar-refractivity contribution in [3.63, 3.8) is 0 Å². The third-order valence-corrected chi connectivity index (χ3v) is 5.42. The first-order chi connectivity index (χ1) is 14.7. The zero-order valence-corrected chi connectivity index (χ0v) is 16.9. The topological polar surface area (TPSA) is 85.1 Å². The van der Waals surface area contributed by atoms with Gasteiger partial charge in [-0.1, -0.05) is 36.4 Å².